The summed E-state index contributed by atoms with van der Waals surface area (Å²) in [6.07, 6.45) is 4.11. The minimum atomic E-state index is -2.54. The van der Waals surface area contributed by atoms with Gasteiger partial charge in [-0.15, -0.1) is 0 Å². The van der Waals surface area contributed by atoms with Crippen molar-refractivity contribution in [2.24, 2.45) is 11.0 Å². The van der Waals surface area contributed by atoms with Gasteiger partial charge in [-0.05, 0) is 52.9 Å². The van der Waals surface area contributed by atoms with Crippen molar-refractivity contribution in [2.45, 2.75) is 79.7 Å². The number of unbranched alkanes of at least 4 members (excludes halogenated alkanes) is 2. The van der Waals surface area contributed by atoms with E-state index in [0.29, 0.717) is 32.2 Å². The molecule has 0 heterocycles. The fourth-order valence-electron chi connectivity index (χ4n) is 2.66. The average Bonchev–Trinajstić information content (AvgIpc) is 2.53. The van der Waals surface area contributed by atoms with E-state index in [9.17, 15) is 4.79 Å². The van der Waals surface area contributed by atoms with E-state index in [1.165, 1.54) is 0 Å². The van der Waals surface area contributed by atoms with Crippen LogP contribution in [0.4, 0.5) is 0 Å². The van der Waals surface area contributed by atoms with Crippen LogP contribution >= 0.6 is 0 Å². The second-order valence-electron chi connectivity index (χ2n) is 6.52. The minimum absolute atomic E-state index is 0.0222. The highest BCUT2D eigenvalue weighted by Gasteiger charge is 2.39. The number of nitrogens with zero attached hydrogens (tertiary/aromatic N) is 1. The molecule has 1 amide bonds. The van der Waals surface area contributed by atoms with Gasteiger partial charge in [0.2, 0.25) is 5.91 Å². The van der Waals surface area contributed by atoms with E-state index in [-0.39, 0.29) is 5.91 Å². The predicted octanol–water partition coefficient (Wildman–Crippen LogP) is 4.13. The summed E-state index contributed by atoms with van der Waals surface area (Å²) in [5, 5.41) is 4.14. The molecule has 0 bridgehead atoms. The van der Waals surface area contributed by atoms with Crippen LogP contribution in [0.25, 0.3) is 0 Å². The average molecular weight is 375 g/mol. The summed E-state index contributed by atoms with van der Waals surface area (Å²) in [5.41, 5.74) is 3.60. The van der Waals surface area contributed by atoms with Gasteiger partial charge in [0, 0.05) is 38.0 Å². The van der Waals surface area contributed by atoms with Crippen molar-refractivity contribution in [1.29, 1.82) is 0 Å². The second kappa shape index (κ2) is 14.4. The lowest BCUT2D eigenvalue weighted by Crippen LogP contribution is -2.45. The van der Waals surface area contributed by atoms with Crippen LogP contribution in [0.1, 0.15) is 73.6 Å². The molecule has 6 nitrogen and oxygen atoms in total. The van der Waals surface area contributed by atoms with Crippen LogP contribution in [0.15, 0.2) is 5.10 Å². The van der Waals surface area contributed by atoms with Gasteiger partial charge in [-0.1, -0.05) is 20.3 Å². The van der Waals surface area contributed by atoms with E-state index < -0.39 is 8.80 Å². The van der Waals surface area contributed by atoms with Crippen LogP contribution in [-0.4, -0.2) is 40.2 Å². The zero-order valence-electron chi connectivity index (χ0n) is 17.0. The Morgan fingerprint density at radius 2 is 1.56 bits per heavy atom. The van der Waals surface area contributed by atoms with E-state index in [2.05, 4.69) is 24.4 Å². The molecule has 0 saturated carbocycles. The molecule has 0 atom stereocenters. The van der Waals surface area contributed by atoms with Crippen molar-refractivity contribution in [3.8, 4) is 0 Å². The van der Waals surface area contributed by atoms with Gasteiger partial charge in [0.25, 0.3) is 0 Å². The Morgan fingerprint density at radius 1 is 1.00 bits per heavy atom. The third-order valence-electron chi connectivity index (χ3n) is 3.55. The number of hydrazone groups is 1. The van der Waals surface area contributed by atoms with E-state index in [1.54, 1.807) is 0 Å². The van der Waals surface area contributed by atoms with Crippen LogP contribution < -0.4 is 5.43 Å². The van der Waals surface area contributed by atoms with Gasteiger partial charge < -0.3 is 13.3 Å². The van der Waals surface area contributed by atoms with E-state index >= 15 is 0 Å². The van der Waals surface area contributed by atoms with Crippen LogP contribution in [0, 0.1) is 5.92 Å². The van der Waals surface area contributed by atoms with Crippen LogP contribution in [0.2, 0.25) is 6.04 Å². The summed E-state index contributed by atoms with van der Waals surface area (Å²) in [6, 6.07) is 0.801. The van der Waals surface area contributed by atoms with Gasteiger partial charge >= 0.3 is 8.80 Å². The number of hydrogen-bond acceptors (Lipinski definition) is 5. The van der Waals surface area contributed by atoms with Gasteiger partial charge in [0.15, 0.2) is 0 Å². The molecule has 0 spiro atoms. The number of carbonyl (C=O) groups excluding carboxylic acids is 1. The van der Waals surface area contributed by atoms with Crippen molar-refractivity contribution in [3.63, 3.8) is 0 Å². The molecule has 0 aromatic rings. The molecule has 0 aliphatic carbocycles. The predicted molar refractivity (Wildman–Crippen MR) is 105 cm³/mol. The number of carbonyl (C=O) groups is 1. The summed E-state index contributed by atoms with van der Waals surface area (Å²) in [7, 11) is -2.54. The molecule has 1 N–H and O–H groups in total. The third kappa shape index (κ3) is 12.3. The molecular formula is C18H38N2O4Si. The molecule has 0 aliphatic rings. The van der Waals surface area contributed by atoms with Crippen molar-refractivity contribution in [3.05, 3.63) is 0 Å². The Bertz CT molecular complexity index is 372. The van der Waals surface area contributed by atoms with Crippen molar-refractivity contribution < 1.29 is 18.1 Å². The molecule has 0 fully saturated rings. The zero-order chi connectivity index (χ0) is 19.1. The van der Waals surface area contributed by atoms with Crippen LogP contribution in [-0.2, 0) is 18.1 Å². The Kier molecular flexibility index (Phi) is 14.0. The molecule has 25 heavy (non-hydrogen) atoms. The quantitative estimate of drug-likeness (QED) is 0.202. The van der Waals surface area contributed by atoms with Crippen molar-refractivity contribution in [2.75, 3.05) is 19.8 Å². The Morgan fingerprint density at radius 3 is 2.04 bits per heavy atom. The molecule has 0 rings (SSSR count). The number of amides is 1. The number of nitrogens with one attached hydrogen (secondary N) is 1. The summed E-state index contributed by atoms with van der Waals surface area (Å²) >= 11 is 0. The molecule has 0 radical (unpaired) electrons. The summed E-state index contributed by atoms with van der Waals surface area (Å²) < 4.78 is 17.5. The van der Waals surface area contributed by atoms with Gasteiger partial charge in [-0.3, -0.25) is 4.79 Å². The fraction of sp³-hybridized carbons (Fsp3) is 0.889. The monoisotopic (exact) mass is 374 g/mol. The fourth-order valence-corrected chi connectivity index (χ4v) is 5.34. The molecule has 0 saturated heterocycles. The van der Waals surface area contributed by atoms with Gasteiger partial charge in [-0.2, -0.15) is 5.10 Å². The largest absolute Gasteiger partial charge is 0.500 e. The smallest absolute Gasteiger partial charge is 0.374 e. The first kappa shape index (κ1) is 24.2. The number of hydrogen-bond donors (Lipinski definition) is 1. The SMILES string of the molecule is CCO[Si](CCCCCC(=O)NN=C(C)CC(C)C)(OCC)OCC. The summed E-state index contributed by atoms with van der Waals surface area (Å²) in [6.45, 7) is 13.9. The second-order valence-corrected chi connectivity index (χ2v) is 9.25. The highest BCUT2D eigenvalue weighted by Crippen LogP contribution is 2.20. The topological polar surface area (TPSA) is 69.2 Å². The molecule has 0 aromatic heterocycles. The van der Waals surface area contributed by atoms with Crippen LogP contribution in [0.5, 0.6) is 0 Å². The van der Waals surface area contributed by atoms with E-state index in [1.807, 2.05) is 27.7 Å². The summed E-state index contributed by atoms with van der Waals surface area (Å²) in [4.78, 5) is 11.8. The lowest BCUT2D eigenvalue weighted by Gasteiger charge is -2.28. The molecular weight excluding hydrogens is 336 g/mol. The standard InChI is InChI=1S/C18H38N2O4Si/c1-7-22-25(23-8-2,24-9-3)14-12-10-11-13-18(21)20-19-17(6)15-16(4)5/h16H,7-15H2,1-6H3,(H,20,21). The summed E-state index contributed by atoms with van der Waals surface area (Å²) in [5.74, 6) is 0.525. The highest BCUT2D eigenvalue weighted by molar-refractivity contribution is 6.60. The van der Waals surface area contributed by atoms with E-state index in [0.717, 1.165) is 37.4 Å². The molecule has 0 unspecified atom stereocenters. The third-order valence-corrected chi connectivity index (χ3v) is 6.71. The molecule has 0 aliphatic heterocycles. The molecule has 0 aromatic carbocycles. The van der Waals surface area contributed by atoms with Crippen molar-refractivity contribution >= 4 is 20.4 Å². The lowest BCUT2D eigenvalue weighted by molar-refractivity contribution is -0.121. The van der Waals surface area contributed by atoms with E-state index in [4.69, 9.17) is 13.3 Å². The van der Waals surface area contributed by atoms with Crippen molar-refractivity contribution in [1.82, 2.24) is 5.43 Å². The Balaban J connectivity index is 4.10. The first-order chi connectivity index (χ1) is 11.9. The molecule has 148 valence electrons. The maximum atomic E-state index is 11.8. The van der Waals surface area contributed by atoms with Gasteiger partial charge in [-0.25, -0.2) is 5.43 Å². The maximum absolute atomic E-state index is 11.8. The maximum Gasteiger partial charge on any atom is 0.500 e. The van der Waals surface area contributed by atoms with Crippen LogP contribution in [0.3, 0.4) is 0 Å². The number of rotatable bonds is 15. The van der Waals surface area contributed by atoms with Gasteiger partial charge in [0.1, 0.15) is 0 Å². The normalized spacial score (nSPS) is 12.7. The first-order valence-electron chi connectivity index (χ1n) is 9.62. The first-order valence-corrected chi connectivity index (χ1v) is 11.6. The minimum Gasteiger partial charge on any atom is -0.374 e. The lowest BCUT2D eigenvalue weighted by atomic mass is 10.1. The zero-order valence-corrected chi connectivity index (χ0v) is 18.0. The highest BCUT2D eigenvalue weighted by atomic mass is 28.4. The Labute approximate surface area is 155 Å². The molecule has 7 heteroatoms. The Hall–Kier alpha value is -0.763. The van der Waals surface area contributed by atoms with Gasteiger partial charge in [0.05, 0.1) is 0 Å².